The van der Waals surface area contributed by atoms with Gasteiger partial charge in [-0.15, -0.1) is 0 Å². The van der Waals surface area contributed by atoms with E-state index in [0.29, 0.717) is 38.5 Å². The van der Waals surface area contributed by atoms with Gasteiger partial charge in [0.2, 0.25) is 5.95 Å². The minimum Gasteiger partial charge on any atom is -0.396 e. The third-order valence-electron chi connectivity index (χ3n) is 4.96. The summed E-state index contributed by atoms with van der Waals surface area (Å²) in [6.45, 7) is 1.67. The Kier molecular flexibility index (Phi) is 5.62. The van der Waals surface area contributed by atoms with E-state index in [1.54, 1.807) is 11.8 Å². The number of anilines is 1. The largest absolute Gasteiger partial charge is 0.396 e. The molecule has 2 aromatic rings. The molecule has 0 spiro atoms. The molecule has 0 unspecified atom stereocenters. The molecule has 1 aromatic carbocycles. The lowest BCUT2D eigenvalue weighted by atomic mass is 9.74. The molecular weight excluding hydrogens is 322 g/mol. The molecule has 136 valence electrons. The van der Waals surface area contributed by atoms with Gasteiger partial charge in [-0.25, -0.2) is 0 Å². The van der Waals surface area contributed by atoms with Crippen molar-refractivity contribution in [2.24, 2.45) is 5.41 Å². The SMILES string of the molecule is COCCC[C@@]1(CO)CN(c2nnnn2-c2ccccc2)CC[C@H]1O. The molecule has 2 N–H and O–H groups in total. The van der Waals surface area contributed by atoms with Gasteiger partial charge in [0, 0.05) is 32.2 Å². The number of hydrogen-bond donors (Lipinski definition) is 2. The van der Waals surface area contributed by atoms with Gasteiger partial charge >= 0.3 is 0 Å². The van der Waals surface area contributed by atoms with Gasteiger partial charge in [-0.1, -0.05) is 23.3 Å². The van der Waals surface area contributed by atoms with Crippen molar-refractivity contribution in [3.63, 3.8) is 0 Å². The highest BCUT2D eigenvalue weighted by molar-refractivity contribution is 5.41. The molecule has 0 radical (unpaired) electrons. The Hall–Kier alpha value is -2.03. The zero-order valence-corrected chi connectivity index (χ0v) is 14.5. The average molecular weight is 347 g/mol. The summed E-state index contributed by atoms with van der Waals surface area (Å²) in [6, 6.07) is 9.69. The van der Waals surface area contributed by atoms with E-state index in [4.69, 9.17) is 4.74 Å². The zero-order valence-electron chi connectivity index (χ0n) is 14.5. The van der Waals surface area contributed by atoms with Crippen molar-refractivity contribution in [2.45, 2.75) is 25.4 Å². The van der Waals surface area contributed by atoms with Crippen molar-refractivity contribution in [1.29, 1.82) is 0 Å². The van der Waals surface area contributed by atoms with Gasteiger partial charge in [0.25, 0.3) is 0 Å². The van der Waals surface area contributed by atoms with Crippen molar-refractivity contribution in [2.75, 3.05) is 38.3 Å². The molecule has 1 fully saturated rings. The summed E-state index contributed by atoms with van der Waals surface area (Å²) in [5.41, 5.74) is 0.284. The van der Waals surface area contributed by atoms with Gasteiger partial charge in [0.15, 0.2) is 0 Å². The van der Waals surface area contributed by atoms with Crippen LogP contribution in [0.1, 0.15) is 19.3 Å². The maximum absolute atomic E-state index is 10.5. The van der Waals surface area contributed by atoms with Crippen molar-refractivity contribution >= 4 is 5.95 Å². The van der Waals surface area contributed by atoms with E-state index in [9.17, 15) is 10.2 Å². The molecule has 1 aromatic heterocycles. The van der Waals surface area contributed by atoms with Gasteiger partial charge < -0.3 is 19.8 Å². The monoisotopic (exact) mass is 347 g/mol. The molecule has 8 heteroatoms. The zero-order chi connectivity index (χ0) is 17.7. The van der Waals surface area contributed by atoms with E-state index in [0.717, 1.165) is 12.1 Å². The van der Waals surface area contributed by atoms with Crippen LogP contribution in [0.4, 0.5) is 5.95 Å². The maximum atomic E-state index is 10.5. The van der Waals surface area contributed by atoms with Crippen molar-refractivity contribution in [1.82, 2.24) is 20.2 Å². The average Bonchev–Trinajstić information content (AvgIpc) is 3.14. The molecule has 3 rings (SSSR count). The number of aliphatic hydroxyl groups is 2. The first-order valence-electron chi connectivity index (χ1n) is 8.57. The molecule has 1 aliphatic rings. The Balaban J connectivity index is 1.83. The number of aromatic nitrogens is 4. The van der Waals surface area contributed by atoms with E-state index in [2.05, 4.69) is 15.5 Å². The molecule has 2 atom stereocenters. The standard InChI is InChI=1S/C17H25N5O3/c1-25-11-5-9-17(13-23)12-21(10-8-15(17)24)16-18-19-20-22(16)14-6-3-2-4-7-14/h2-4,6-7,15,23-24H,5,8-13H2,1H3/t15-,17+/m1/s1. The van der Waals surface area contributed by atoms with Gasteiger partial charge in [0.05, 0.1) is 18.4 Å². The Labute approximate surface area is 147 Å². The number of rotatable bonds is 7. The van der Waals surface area contributed by atoms with E-state index < -0.39 is 11.5 Å². The fourth-order valence-electron chi connectivity index (χ4n) is 3.48. The lowest BCUT2D eigenvalue weighted by Gasteiger charge is -2.45. The first kappa shape index (κ1) is 17.8. The van der Waals surface area contributed by atoms with Gasteiger partial charge in [-0.2, -0.15) is 4.68 Å². The Morgan fingerprint density at radius 3 is 2.84 bits per heavy atom. The number of ether oxygens (including phenoxy) is 1. The molecule has 0 bridgehead atoms. The quantitative estimate of drug-likeness (QED) is 0.710. The number of para-hydroxylation sites is 1. The number of hydrogen-bond acceptors (Lipinski definition) is 7. The summed E-state index contributed by atoms with van der Waals surface area (Å²) in [5.74, 6) is 0.627. The third kappa shape index (κ3) is 3.65. The number of methoxy groups -OCH3 is 1. The van der Waals surface area contributed by atoms with Crippen LogP contribution in [0.15, 0.2) is 30.3 Å². The summed E-state index contributed by atoms with van der Waals surface area (Å²) in [4.78, 5) is 2.04. The third-order valence-corrected chi connectivity index (χ3v) is 4.96. The normalized spacial score (nSPS) is 23.8. The molecule has 1 aliphatic heterocycles. The van der Waals surface area contributed by atoms with Gasteiger partial charge in [-0.05, 0) is 41.8 Å². The van der Waals surface area contributed by atoms with Crippen LogP contribution >= 0.6 is 0 Å². The van der Waals surface area contributed by atoms with Crippen LogP contribution in [-0.4, -0.2) is 69.9 Å². The predicted octanol–water partition coefficient (Wildman–Crippen LogP) is 0.639. The number of tetrazole rings is 1. The van der Waals surface area contributed by atoms with Crippen molar-refractivity contribution in [3.05, 3.63) is 30.3 Å². The molecule has 0 saturated carbocycles. The number of aliphatic hydroxyl groups excluding tert-OH is 2. The summed E-state index contributed by atoms with van der Waals surface area (Å²) in [5, 5.41) is 32.7. The Bertz CT molecular complexity index is 665. The summed E-state index contributed by atoms with van der Waals surface area (Å²) < 4.78 is 6.81. The topological polar surface area (TPSA) is 96.5 Å². The highest BCUT2D eigenvalue weighted by Gasteiger charge is 2.43. The smallest absolute Gasteiger partial charge is 0.250 e. The molecule has 0 amide bonds. The van der Waals surface area contributed by atoms with Crippen LogP contribution < -0.4 is 4.90 Å². The first-order chi connectivity index (χ1) is 12.2. The lowest BCUT2D eigenvalue weighted by Crippen LogP contribution is -2.54. The van der Waals surface area contributed by atoms with Crippen molar-refractivity contribution < 1.29 is 14.9 Å². The van der Waals surface area contributed by atoms with Gasteiger partial charge in [0.1, 0.15) is 0 Å². The highest BCUT2D eigenvalue weighted by Crippen LogP contribution is 2.36. The number of benzene rings is 1. The minimum absolute atomic E-state index is 0.0821. The second-order valence-corrected chi connectivity index (χ2v) is 6.57. The van der Waals surface area contributed by atoms with Crippen LogP contribution in [0, 0.1) is 5.41 Å². The molecule has 8 nitrogen and oxygen atoms in total. The van der Waals surface area contributed by atoms with E-state index >= 15 is 0 Å². The first-order valence-corrected chi connectivity index (χ1v) is 8.57. The number of piperidine rings is 1. The second-order valence-electron chi connectivity index (χ2n) is 6.57. The second kappa shape index (κ2) is 7.90. The predicted molar refractivity (Wildman–Crippen MR) is 92.6 cm³/mol. The van der Waals surface area contributed by atoms with Crippen LogP contribution in [0.2, 0.25) is 0 Å². The van der Waals surface area contributed by atoms with Crippen LogP contribution in [0.5, 0.6) is 0 Å². The fraction of sp³-hybridized carbons (Fsp3) is 0.588. The van der Waals surface area contributed by atoms with Crippen LogP contribution in [0.25, 0.3) is 5.69 Å². The van der Waals surface area contributed by atoms with Gasteiger partial charge in [-0.3, -0.25) is 0 Å². The van der Waals surface area contributed by atoms with Crippen molar-refractivity contribution in [3.8, 4) is 5.69 Å². The molecule has 0 aliphatic carbocycles. The summed E-state index contributed by atoms with van der Waals surface area (Å²) >= 11 is 0. The van der Waals surface area contributed by atoms with E-state index in [-0.39, 0.29) is 6.61 Å². The van der Waals surface area contributed by atoms with Crippen LogP contribution in [-0.2, 0) is 4.74 Å². The number of nitrogens with zero attached hydrogens (tertiary/aromatic N) is 5. The molecule has 25 heavy (non-hydrogen) atoms. The van der Waals surface area contributed by atoms with Crippen LogP contribution in [0.3, 0.4) is 0 Å². The fourth-order valence-corrected chi connectivity index (χ4v) is 3.48. The minimum atomic E-state index is -0.593. The molecule has 1 saturated heterocycles. The molecular formula is C17H25N5O3. The highest BCUT2D eigenvalue weighted by atomic mass is 16.5. The maximum Gasteiger partial charge on any atom is 0.250 e. The molecule has 2 heterocycles. The lowest BCUT2D eigenvalue weighted by molar-refractivity contribution is -0.0390. The summed E-state index contributed by atoms with van der Waals surface area (Å²) in [6.07, 6.45) is 1.48. The van der Waals surface area contributed by atoms with E-state index in [1.165, 1.54) is 0 Å². The summed E-state index contributed by atoms with van der Waals surface area (Å²) in [7, 11) is 1.66. The Morgan fingerprint density at radius 1 is 1.32 bits per heavy atom. The van der Waals surface area contributed by atoms with E-state index in [1.807, 2.05) is 35.2 Å². The Morgan fingerprint density at radius 2 is 2.12 bits per heavy atom.